The summed E-state index contributed by atoms with van der Waals surface area (Å²) in [7, 11) is 0. The number of rotatable bonds is 3. The molecular weight excluding hydrogens is 210 g/mol. The topological polar surface area (TPSA) is 66.8 Å². The molecule has 5 heteroatoms. The number of aliphatic carboxylic acids is 1. The van der Waals surface area contributed by atoms with Crippen LogP contribution in [0.15, 0.2) is 0 Å². The van der Waals surface area contributed by atoms with Crippen molar-refractivity contribution in [1.82, 2.24) is 4.90 Å². The molecule has 1 aliphatic rings. The van der Waals surface area contributed by atoms with Crippen LogP contribution in [-0.4, -0.2) is 40.3 Å². The van der Waals surface area contributed by atoms with Gasteiger partial charge in [0.25, 0.3) is 0 Å². The Balaban J connectivity index is 2.63. The number of likely N-dealkylation sites (tertiary alicyclic amines) is 1. The fourth-order valence-electron chi connectivity index (χ4n) is 1.61. The van der Waals surface area contributed by atoms with Crippen molar-refractivity contribution < 1.29 is 19.4 Å². The molecule has 1 aliphatic heterocycles. The average molecular weight is 229 g/mol. The zero-order valence-electron chi connectivity index (χ0n) is 10.0. The molecule has 1 heterocycles. The predicted molar refractivity (Wildman–Crippen MR) is 58.2 cm³/mol. The molecule has 0 spiro atoms. The smallest absolute Gasteiger partial charge is 0.411 e. The van der Waals surface area contributed by atoms with Gasteiger partial charge in [-0.25, -0.2) is 9.59 Å². The Morgan fingerprint density at radius 1 is 1.50 bits per heavy atom. The van der Waals surface area contributed by atoms with E-state index in [9.17, 15) is 9.59 Å². The molecule has 0 aromatic heterocycles. The highest BCUT2D eigenvalue weighted by molar-refractivity contribution is 5.80. The molecule has 0 aliphatic carbocycles. The number of hydrogen-bond acceptors (Lipinski definition) is 3. The van der Waals surface area contributed by atoms with Crippen molar-refractivity contribution in [2.75, 3.05) is 6.54 Å². The molecule has 0 unspecified atom stereocenters. The molecule has 1 fully saturated rings. The lowest BCUT2D eigenvalue weighted by Crippen LogP contribution is -2.43. The summed E-state index contributed by atoms with van der Waals surface area (Å²) >= 11 is 0. The maximum Gasteiger partial charge on any atom is 0.411 e. The van der Waals surface area contributed by atoms with E-state index in [2.05, 4.69) is 0 Å². The first-order valence-corrected chi connectivity index (χ1v) is 5.60. The molecule has 5 nitrogen and oxygen atoms in total. The van der Waals surface area contributed by atoms with Gasteiger partial charge < -0.3 is 9.84 Å². The maximum absolute atomic E-state index is 11.8. The fourth-order valence-corrected chi connectivity index (χ4v) is 1.61. The Bertz CT molecular complexity index is 288. The molecular formula is C11H19NO4. The highest BCUT2D eigenvalue weighted by atomic mass is 16.6. The van der Waals surface area contributed by atoms with Gasteiger partial charge in [0.05, 0.1) is 0 Å². The first-order chi connectivity index (χ1) is 7.37. The van der Waals surface area contributed by atoms with Gasteiger partial charge in [-0.1, -0.05) is 6.92 Å². The second kappa shape index (κ2) is 4.72. The van der Waals surface area contributed by atoms with E-state index in [4.69, 9.17) is 9.84 Å². The highest BCUT2D eigenvalue weighted by Gasteiger charge is 2.36. The number of ether oxygens (including phenoxy) is 1. The van der Waals surface area contributed by atoms with Crippen molar-refractivity contribution in [3.8, 4) is 0 Å². The van der Waals surface area contributed by atoms with Gasteiger partial charge in [0.2, 0.25) is 0 Å². The van der Waals surface area contributed by atoms with E-state index in [0.717, 1.165) is 6.42 Å². The first-order valence-electron chi connectivity index (χ1n) is 5.60. The Morgan fingerprint density at radius 3 is 2.62 bits per heavy atom. The van der Waals surface area contributed by atoms with Crippen LogP contribution in [0.3, 0.4) is 0 Å². The first kappa shape index (κ1) is 12.8. The fraction of sp³-hybridized carbons (Fsp3) is 0.818. The van der Waals surface area contributed by atoms with E-state index in [1.807, 2.05) is 20.8 Å². The summed E-state index contributed by atoms with van der Waals surface area (Å²) in [6.07, 6.45) is 1.41. The van der Waals surface area contributed by atoms with Crippen LogP contribution in [0.2, 0.25) is 0 Å². The number of hydrogen-bond donors (Lipinski definition) is 1. The van der Waals surface area contributed by atoms with Gasteiger partial charge in [-0.05, 0) is 33.1 Å². The van der Waals surface area contributed by atoms with E-state index in [1.54, 1.807) is 0 Å². The average Bonchev–Trinajstić information content (AvgIpc) is 2.65. The van der Waals surface area contributed by atoms with Gasteiger partial charge in [0.15, 0.2) is 0 Å². The number of carboxylic acids is 1. The molecule has 0 aromatic carbocycles. The minimum Gasteiger partial charge on any atom is -0.480 e. The standard InChI is InChI=1S/C11H19NO4/c1-4-11(2,3)16-10(15)12-7-5-6-8(12)9(13)14/h8H,4-7H2,1-3H3,(H,13,14)/t8-/m0/s1. The summed E-state index contributed by atoms with van der Waals surface area (Å²) in [5.41, 5.74) is -0.539. The normalized spacial score (nSPS) is 20.9. The van der Waals surface area contributed by atoms with E-state index in [-0.39, 0.29) is 0 Å². The summed E-state index contributed by atoms with van der Waals surface area (Å²) in [6, 6.07) is -0.722. The van der Waals surface area contributed by atoms with Crippen LogP contribution < -0.4 is 0 Å². The van der Waals surface area contributed by atoms with E-state index < -0.39 is 23.7 Å². The Hall–Kier alpha value is -1.26. The number of carboxylic acid groups (broad SMARTS) is 1. The van der Waals surface area contributed by atoms with Crippen LogP contribution in [0, 0.1) is 0 Å². The molecule has 0 saturated carbocycles. The molecule has 1 rings (SSSR count). The van der Waals surface area contributed by atoms with Crippen LogP contribution in [0.5, 0.6) is 0 Å². The lowest BCUT2D eigenvalue weighted by atomic mass is 10.1. The number of carbonyl (C=O) groups excluding carboxylic acids is 1. The third-order valence-corrected chi connectivity index (χ3v) is 2.99. The van der Waals surface area contributed by atoms with E-state index in [1.165, 1.54) is 4.90 Å². The third kappa shape index (κ3) is 2.87. The maximum atomic E-state index is 11.8. The molecule has 0 bridgehead atoms. The number of amides is 1. The van der Waals surface area contributed by atoms with Gasteiger partial charge in [-0.2, -0.15) is 0 Å². The number of nitrogens with zero attached hydrogens (tertiary/aromatic N) is 1. The molecule has 1 atom stereocenters. The zero-order chi connectivity index (χ0) is 12.3. The molecule has 0 radical (unpaired) electrons. The lowest BCUT2D eigenvalue weighted by molar-refractivity contribution is -0.142. The van der Waals surface area contributed by atoms with E-state index in [0.29, 0.717) is 19.4 Å². The van der Waals surface area contributed by atoms with Crippen molar-refractivity contribution >= 4 is 12.1 Å². The van der Waals surface area contributed by atoms with Crippen molar-refractivity contribution in [3.63, 3.8) is 0 Å². The second-order valence-electron chi connectivity index (χ2n) is 4.67. The molecule has 1 saturated heterocycles. The zero-order valence-corrected chi connectivity index (χ0v) is 10.0. The Labute approximate surface area is 95.4 Å². The molecule has 1 amide bonds. The second-order valence-corrected chi connectivity index (χ2v) is 4.67. The van der Waals surface area contributed by atoms with E-state index >= 15 is 0 Å². The molecule has 1 N–H and O–H groups in total. The van der Waals surface area contributed by atoms with Crippen LogP contribution in [0.25, 0.3) is 0 Å². The molecule has 16 heavy (non-hydrogen) atoms. The Kier molecular flexibility index (Phi) is 3.78. The van der Waals surface area contributed by atoms with Crippen LogP contribution in [0.1, 0.15) is 40.0 Å². The summed E-state index contributed by atoms with van der Waals surface area (Å²) in [4.78, 5) is 24.0. The predicted octanol–water partition coefficient (Wildman–Crippen LogP) is 1.86. The summed E-state index contributed by atoms with van der Waals surface area (Å²) in [5.74, 6) is -0.955. The van der Waals surface area contributed by atoms with Crippen molar-refractivity contribution in [2.45, 2.75) is 51.7 Å². The van der Waals surface area contributed by atoms with Crippen molar-refractivity contribution in [2.24, 2.45) is 0 Å². The van der Waals surface area contributed by atoms with Crippen LogP contribution in [0.4, 0.5) is 4.79 Å². The van der Waals surface area contributed by atoms with Gasteiger partial charge >= 0.3 is 12.1 Å². The van der Waals surface area contributed by atoms with Gasteiger partial charge in [0, 0.05) is 6.54 Å². The molecule has 92 valence electrons. The quantitative estimate of drug-likeness (QED) is 0.802. The highest BCUT2D eigenvalue weighted by Crippen LogP contribution is 2.22. The van der Waals surface area contributed by atoms with Crippen LogP contribution >= 0.6 is 0 Å². The number of carbonyl (C=O) groups is 2. The summed E-state index contributed by atoms with van der Waals surface area (Å²) in [6.45, 7) is 6.02. The monoisotopic (exact) mass is 229 g/mol. The van der Waals surface area contributed by atoms with Crippen molar-refractivity contribution in [3.05, 3.63) is 0 Å². The molecule has 0 aromatic rings. The van der Waals surface area contributed by atoms with Gasteiger partial charge in [0.1, 0.15) is 11.6 Å². The third-order valence-electron chi connectivity index (χ3n) is 2.99. The summed E-state index contributed by atoms with van der Waals surface area (Å²) in [5, 5.41) is 8.94. The SMILES string of the molecule is CCC(C)(C)OC(=O)N1CCC[C@H]1C(=O)O. The van der Waals surface area contributed by atoms with Crippen LogP contribution in [-0.2, 0) is 9.53 Å². The van der Waals surface area contributed by atoms with Gasteiger partial charge in [-0.3, -0.25) is 4.90 Å². The van der Waals surface area contributed by atoms with Gasteiger partial charge in [-0.15, -0.1) is 0 Å². The largest absolute Gasteiger partial charge is 0.480 e. The minimum atomic E-state index is -0.955. The minimum absolute atomic E-state index is 0.468. The Morgan fingerprint density at radius 2 is 2.12 bits per heavy atom. The lowest BCUT2D eigenvalue weighted by Gasteiger charge is -2.28. The summed E-state index contributed by atoms with van der Waals surface area (Å²) < 4.78 is 5.28. The van der Waals surface area contributed by atoms with Crippen molar-refractivity contribution in [1.29, 1.82) is 0 Å².